The third-order valence-corrected chi connectivity index (χ3v) is 5.62. The topological polar surface area (TPSA) is 95.9 Å². The summed E-state index contributed by atoms with van der Waals surface area (Å²) < 4.78 is 5.40. The van der Waals surface area contributed by atoms with Crippen molar-refractivity contribution >= 4 is 23.7 Å². The van der Waals surface area contributed by atoms with E-state index in [0.717, 1.165) is 24.8 Å². The molecule has 1 unspecified atom stereocenters. The molecule has 7 nitrogen and oxygen atoms in total. The van der Waals surface area contributed by atoms with Crippen LogP contribution in [0.3, 0.4) is 0 Å². The van der Waals surface area contributed by atoms with Crippen molar-refractivity contribution in [3.8, 4) is 0 Å². The predicted octanol–water partition coefficient (Wildman–Crippen LogP) is 5.48. The van der Waals surface area contributed by atoms with Crippen LogP contribution in [0.25, 0.3) is 0 Å². The number of unbranched alkanes of at least 4 members (excludes halogenated alkanes) is 5. The van der Waals surface area contributed by atoms with Gasteiger partial charge in [0.2, 0.25) is 0 Å². The number of carbonyl (C=O) groups is 3. The van der Waals surface area contributed by atoms with Crippen LogP contribution in [0.1, 0.15) is 88.6 Å². The molecule has 178 valence electrons. The Morgan fingerprint density at radius 2 is 1.81 bits per heavy atom. The van der Waals surface area contributed by atoms with Crippen LogP contribution in [0.2, 0.25) is 0 Å². The molecule has 2 N–H and O–H groups in total. The minimum absolute atomic E-state index is 0.211. The van der Waals surface area contributed by atoms with E-state index >= 15 is 0 Å². The van der Waals surface area contributed by atoms with Crippen LogP contribution in [0.15, 0.2) is 18.2 Å². The second kappa shape index (κ2) is 11.9. The summed E-state index contributed by atoms with van der Waals surface area (Å²) in [5.41, 5.74) is 1.35. The number of amides is 2. The lowest BCUT2D eigenvalue weighted by molar-refractivity contribution is -0.141. The fraction of sp³-hybridized carbons (Fsp3) is 0.640. The minimum Gasteiger partial charge on any atom is -0.481 e. The van der Waals surface area contributed by atoms with Crippen molar-refractivity contribution < 1.29 is 24.2 Å². The van der Waals surface area contributed by atoms with Gasteiger partial charge in [-0.25, -0.2) is 4.79 Å². The Kier molecular flexibility index (Phi) is 9.54. The third kappa shape index (κ3) is 8.17. The van der Waals surface area contributed by atoms with E-state index in [2.05, 4.69) is 12.2 Å². The highest BCUT2D eigenvalue weighted by Crippen LogP contribution is 2.25. The average molecular weight is 447 g/mol. The summed E-state index contributed by atoms with van der Waals surface area (Å²) >= 11 is 0. The maximum absolute atomic E-state index is 12.9. The number of aryl methyl sites for hydroxylation is 1. The molecule has 2 amide bonds. The van der Waals surface area contributed by atoms with E-state index in [1.165, 1.54) is 25.7 Å². The van der Waals surface area contributed by atoms with Crippen molar-refractivity contribution in [1.82, 2.24) is 4.90 Å². The van der Waals surface area contributed by atoms with Gasteiger partial charge in [-0.1, -0.05) is 45.1 Å². The van der Waals surface area contributed by atoms with E-state index in [0.29, 0.717) is 24.2 Å². The van der Waals surface area contributed by atoms with Gasteiger partial charge in [0.15, 0.2) is 0 Å². The van der Waals surface area contributed by atoms with Crippen molar-refractivity contribution in [3.05, 3.63) is 29.3 Å². The van der Waals surface area contributed by atoms with Crippen molar-refractivity contribution in [3.63, 3.8) is 0 Å². The molecule has 1 fully saturated rings. The van der Waals surface area contributed by atoms with Gasteiger partial charge in [0.05, 0.1) is 5.92 Å². The van der Waals surface area contributed by atoms with E-state index in [1.807, 2.05) is 6.07 Å². The third-order valence-electron chi connectivity index (χ3n) is 5.62. The van der Waals surface area contributed by atoms with Crippen LogP contribution in [-0.2, 0) is 16.0 Å². The number of hydrogen-bond acceptors (Lipinski definition) is 4. The van der Waals surface area contributed by atoms with Crippen LogP contribution >= 0.6 is 0 Å². The second-order valence-electron chi connectivity index (χ2n) is 9.59. The summed E-state index contributed by atoms with van der Waals surface area (Å²) in [6.07, 6.45) is 7.73. The molecule has 7 heteroatoms. The molecule has 1 atom stereocenters. The highest BCUT2D eigenvalue weighted by molar-refractivity contribution is 5.97. The zero-order valence-electron chi connectivity index (χ0n) is 19.9. The molecule has 0 saturated carbocycles. The molecule has 1 aliphatic heterocycles. The number of ether oxygens (including phenoxy) is 1. The molecule has 32 heavy (non-hydrogen) atoms. The van der Waals surface area contributed by atoms with Crippen LogP contribution in [0.4, 0.5) is 10.5 Å². The van der Waals surface area contributed by atoms with Gasteiger partial charge in [-0.2, -0.15) is 0 Å². The van der Waals surface area contributed by atoms with Gasteiger partial charge >= 0.3 is 12.1 Å². The summed E-state index contributed by atoms with van der Waals surface area (Å²) in [5, 5.41) is 12.0. The van der Waals surface area contributed by atoms with Crippen molar-refractivity contribution in [1.29, 1.82) is 0 Å². The normalized spacial score (nSPS) is 16.1. The quantitative estimate of drug-likeness (QED) is 0.464. The molecule has 0 radical (unpaired) electrons. The summed E-state index contributed by atoms with van der Waals surface area (Å²) in [5.74, 6) is -1.61. The highest BCUT2D eigenvalue weighted by atomic mass is 16.6. The predicted molar refractivity (Wildman–Crippen MR) is 125 cm³/mol. The van der Waals surface area contributed by atoms with Crippen molar-refractivity contribution in [2.75, 3.05) is 18.4 Å². The summed E-state index contributed by atoms with van der Waals surface area (Å²) in [6, 6.07) is 5.34. The molecule has 0 aromatic heterocycles. The molecular weight excluding hydrogens is 408 g/mol. The zero-order chi connectivity index (χ0) is 23.7. The SMILES string of the molecule is CCCCCCCCc1ccc(C(=O)N2CCC(C(=O)O)C2)cc1NC(=O)OC(C)(C)C. The van der Waals surface area contributed by atoms with E-state index in [9.17, 15) is 19.5 Å². The summed E-state index contributed by atoms with van der Waals surface area (Å²) in [4.78, 5) is 38.1. The van der Waals surface area contributed by atoms with Crippen LogP contribution < -0.4 is 5.32 Å². The number of hydrogen-bond donors (Lipinski definition) is 2. The molecule has 0 aliphatic carbocycles. The molecule has 1 heterocycles. The largest absolute Gasteiger partial charge is 0.481 e. The number of rotatable bonds is 10. The number of carboxylic acids is 1. The van der Waals surface area contributed by atoms with Gasteiger partial charge in [0.25, 0.3) is 5.91 Å². The number of likely N-dealkylation sites (tertiary alicyclic amines) is 1. The Labute approximate surface area is 191 Å². The van der Waals surface area contributed by atoms with Gasteiger partial charge in [0, 0.05) is 24.3 Å². The van der Waals surface area contributed by atoms with E-state index < -0.39 is 23.6 Å². The van der Waals surface area contributed by atoms with Crippen LogP contribution in [-0.4, -0.2) is 46.7 Å². The minimum atomic E-state index is -0.873. The Morgan fingerprint density at radius 1 is 1.12 bits per heavy atom. The molecule has 1 aliphatic rings. The van der Waals surface area contributed by atoms with Gasteiger partial charge in [-0.05, 0) is 57.7 Å². The number of benzene rings is 1. The van der Waals surface area contributed by atoms with Crippen LogP contribution in [0.5, 0.6) is 0 Å². The van der Waals surface area contributed by atoms with Gasteiger partial charge in [0.1, 0.15) is 5.60 Å². The maximum Gasteiger partial charge on any atom is 0.412 e. The fourth-order valence-electron chi connectivity index (χ4n) is 3.88. The first-order chi connectivity index (χ1) is 15.1. The number of carboxylic acid groups (broad SMARTS) is 1. The van der Waals surface area contributed by atoms with Crippen molar-refractivity contribution in [2.45, 2.75) is 84.7 Å². The average Bonchev–Trinajstić information content (AvgIpc) is 3.20. The van der Waals surface area contributed by atoms with Crippen molar-refractivity contribution in [2.24, 2.45) is 5.92 Å². The molecule has 1 aromatic carbocycles. The number of nitrogens with one attached hydrogen (secondary N) is 1. The number of nitrogens with zero attached hydrogens (tertiary/aromatic N) is 1. The Balaban J connectivity index is 2.12. The molecule has 1 saturated heterocycles. The number of aliphatic carboxylic acids is 1. The molecule has 1 aromatic rings. The highest BCUT2D eigenvalue weighted by Gasteiger charge is 2.31. The number of carbonyl (C=O) groups excluding carboxylic acids is 2. The Bertz CT molecular complexity index is 800. The van der Waals surface area contributed by atoms with Crippen LogP contribution in [0, 0.1) is 5.92 Å². The lowest BCUT2D eigenvalue weighted by Gasteiger charge is -2.21. The first kappa shape index (κ1) is 25.7. The maximum atomic E-state index is 12.9. The number of anilines is 1. The van der Waals surface area contributed by atoms with E-state index in [4.69, 9.17) is 4.74 Å². The summed E-state index contributed by atoms with van der Waals surface area (Å²) in [6.45, 7) is 8.23. The first-order valence-corrected chi connectivity index (χ1v) is 11.8. The second-order valence-corrected chi connectivity index (χ2v) is 9.59. The molecular formula is C25H38N2O5. The fourth-order valence-corrected chi connectivity index (χ4v) is 3.88. The molecule has 0 bridgehead atoms. The lowest BCUT2D eigenvalue weighted by atomic mass is 10.0. The monoisotopic (exact) mass is 446 g/mol. The van der Waals surface area contributed by atoms with Gasteiger partial charge in [-0.3, -0.25) is 14.9 Å². The Morgan fingerprint density at radius 3 is 2.44 bits per heavy atom. The molecule has 0 spiro atoms. The lowest BCUT2D eigenvalue weighted by Crippen LogP contribution is -2.30. The van der Waals surface area contributed by atoms with Gasteiger partial charge < -0.3 is 14.7 Å². The standard InChI is InChI=1S/C25H38N2O5/c1-5-6-7-8-9-10-11-18-12-13-19(16-21(18)26-24(31)32-25(2,3)4)22(28)27-15-14-20(17-27)23(29)30/h12-13,16,20H,5-11,14-15,17H2,1-4H3,(H,26,31)(H,29,30). The Hall–Kier alpha value is -2.57. The first-order valence-electron chi connectivity index (χ1n) is 11.8. The smallest absolute Gasteiger partial charge is 0.412 e. The van der Waals surface area contributed by atoms with E-state index in [-0.39, 0.29) is 12.5 Å². The zero-order valence-corrected chi connectivity index (χ0v) is 19.9. The molecule has 2 rings (SSSR count). The van der Waals surface area contributed by atoms with E-state index in [1.54, 1.807) is 37.8 Å². The summed E-state index contributed by atoms with van der Waals surface area (Å²) in [7, 11) is 0. The van der Waals surface area contributed by atoms with Gasteiger partial charge in [-0.15, -0.1) is 0 Å².